The first kappa shape index (κ1) is 28.2. The first-order valence-corrected chi connectivity index (χ1v) is 15.9. The van der Waals surface area contributed by atoms with E-state index in [-0.39, 0.29) is 11.8 Å². The van der Waals surface area contributed by atoms with Crippen molar-refractivity contribution in [2.75, 3.05) is 31.1 Å². The Kier molecular flexibility index (Phi) is 8.07. The van der Waals surface area contributed by atoms with Gasteiger partial charge in [-0.2, -0.15) is 0 Å². The van der Waals surface area contributed by atoms with Gasteiger partial charge in [0.05, 0.1) is 5.69 Å². The Morgan fingerprint density at radius 1 is 1.02 bits per heavy atom. The van der Waals surface area contributed by atoms with Crippen LogP contribution in [0.25, 0.3) is 11.3 Å². The number of benzene rings is 2. The molecule has 1 aliphatic carbocycles. The molecule has 3 aliphatic rings. The second kappa shape index (κ2) is 11.7. The van der Waals surface area contributed by atoms with E-state index in [1.165, 1.54) is 6.42 Å². The van der Waals surface area contributed by atoms with Gasteiger partial charge in [0, 0.05) is 48.6 Å². The maximum atomic E-state index is 13.1. The molecule has 1 saturated carbocycles. The Morgan fingerprint density at radius 3 is 2.37 bits per heavy atom. The van der Waals surface area contributed by atoms with Crippen LogP contribution in [0.3, 0.4) is 0 Å². The predicted octanol–water partition coefficient (Wildman–Crippen LogP) is 5.71. The molecular formula is C33H41N3O4S. The molecule has 6 rings (SSSR count). The summed E-state index contributed by atoms with van der Waals surface area (Å²) in [7, 11) is 0. The van der Waals surface area contributed by atoms with Gasteiger partial charge in [-0.3, -0.25) is 4.79 Å². The zero-order valence-electron chi connectivity index (χ0n) is 24.3. The Labute approximate surface area is 246 Å². The number of nitrogens with zero attached hydrogens (tertiary/aromatic N) is 3. The van der Waals surface area contributed by atoms with Gasteiger partial charge in [-0.25, -0.2) is 4.98 Å². The molecule has 0 radical (unpaired) electrons. The zero-order chi connectivity index (χ0) is 28.7. The number of aliphatic hydroxyl groups is 2. The van der Waals surface area contributed by atoms with E-state index in [0.717, 1.165) is 102 Å². The van der Waals surface area contributed by atoms with Crippen LogP contribution in [0, 0.1) is 38.5 Å². The Bertz CT molecular complexity index is 1380. The largest absolute Gasteiger partial charge is 0.488 e. The second-order valence-electron chi connectivity index (χ2n) is 12.2. The summed E-state index contributed by atoms with van der Waals surface area (Å²) in [5.41, 5.74) is 7.03. The number of aliphatic hydroxyl groups excluding tert-OH is 1. The van der Waals surface area contributed by atoms with Crippen LogP contribution in [-0.4, -0.2) is 58.5 Å². The molecule has 8 heteroatoms. The number of aromatic nitrogens is 1. The third-order valence-electron chi connectivity index (χ3n) is 9.38. The number of fused-ring (bicyclic) bond motifs is 2. The minimum Gasteiger partial charge on any atom is -0.488 e. The maximum absolute atomic E-state index is 13.1. The SMILES string of the molecule is Cc1ccc(OCc2c(C)cc(C(=O)N3CCCCC3)cc2C)c(-c2csc(N3C[C@H]4CC[C@@H](C3)C4C(O)O)n2)c1. The molecule has 3 heterocycles. The summed E-state index contributed by atoms with van der Waals surface area (Å²) in [5, 5.41) is 22.8. The van der Waals surface area contributed by atoms with Crippen LogP contribution in [0.2, 0.25) is 0 Å². The molecule has 3 atom stereocenters. The summed E-state index contributed by atoms with van der Waals surface area (Å²) in [6.07, 6.45) is 4.24. The minimum atomic E-state index is -1.23. The summed E-state index contributed by atoms with van der Waals surface area (Å²) in [6.45, 7) is 9.96. The summed E-state index contributed by atoms with van der Waals surface area (Å²) in [5.74, 6) is 1.50. The molecule has 2 aliphatic heterocycles. The molecule has 1 aromatic heterocycles. The van der Waals surface area contributed by atoms with Gasteiger partial charge < -0.3 is 24.7 Å². The van der Waals surface area contributed by atoms with Crippen molar-refractivity contribution in [2.24, 2.45) is 17.8 Å². The highest BCUT2D eigenvalue weighted by Gasteiger charge is 2.45. The van der Waals surface area contributed by atoms with Gasteiger partial charge >= 0.3 is 0 Å². The van der Waals surface area contributed by atoms with Gasteiger partial charge in [0.25, 0.3) is 5.91 Å². The van der Waals surface area contributed by atoms with Gasteiger partial charge in [-0.1, -0.05) is 11.6 Å². The molecule has 2 bridgehead atoms. The van der Waals surface area contributed by atoms with Crippen molar-refractivity contribution < 1.29 is 19.7 Å². The summed E-state index contributed by atoms with van der Waals surface area (Å²) >= 11 is 1.64. The molecule has 2 N–H and O–H groups in total. The molecule has 1 unspecified atom stereocenters. The van der Waals surface area contributed by atoms with Crippen LogP contribution in [-0.2, 0) is 6.61 Å². The molecule has 218 valence electrons. The third kappa shape index (κ3) is 5.74. The first-order chi connectivity index (χ1) is 19.8. The van der Waals surface area contributed by atoms with Gasteiger partial charge in [0.2, 0.25) is 0 Å². The van der Waals surface area contributed by atoms with E-state index in [2.05, 4.69) is 43.2 Å². The van der Waals surface area contributed by atoms with Crippen LogP contribution in [0.1, 0.15) is 64.7 Å². The molecule has 1 amide bonds. The first-order valence-electron chi connectivity index (χ1n) is 15.0. The number of carbonyl (C=O) groups excluding carboxylic acids is 1. The van der Waals surface area contributed by atoms with E-state index in [4.69, 9.17) is 9.72 Å². The van der Waals surface area contributed by atoms with E-state index in [0.29, 0.717) is 18.4 Å². The quantitative estimate of drug-likeness (QED) is 0.351. The fraction of sp³-hybridized carbons (Fsp3) is 0.515. The standard InChI is InChI=1S/C33H41N3O4S/c1-20-7-10-29(40-18-27-21(2)14-25(15-22(27)3)31(37)35-11-5-4-6-12-35)26(13-20)28-19-41-33(34-28)36-16-23-8-9-24(17-36)30(23)32(38)39/h7,10,13-15,19,23-24,30,32,38-39H,4-6,8-9,11-12,16-18H2,1-3H3/t23-,24+,30?. The van der Waals surface area contributed by atoms with Crippen molar-refractivity contribution >= 4 is 22.4 Å². The summed E-state index contributed by atoms with van der Waals surface area (Å²) in [4.78, 5) is 22.4. The lowest BCUT2D eigenvalue weighted by Gasteiger charge is -2.38. The molecular weight excluding hydrogens is 534 g/mol. The number of amides is 1. The molecule has 7 nitrogen and oxygen atoms in total. The molecule has 2 aromatic carbocycles. The topological polar surface area (TPSA) is 86.1 Å². The van der Waals surface area contributed by atoms with Crippen LogP contribution in [0.5, 0.6) is 5.75 Å². The highest BCUT2D eigenvalue weighted by molar-refractivity contribution is 7.14. The Morgan fingerprint density at radius 2 is 1.71 bits per heavy atom. The average Bonchev–Trinajstić information content (AvgIpc) is 3.56. The van der Waals surface area contributed by atoms with Gasteiger partial charge in [0.15, 0.2) is 11.4 Å². The summed E-state index contributed by atoms with van der Waals surface area (Å²) in [6, 6.07) is 10.2. The van der Waals surface area contributed by atoms with Crippen molar-refractivity contribution in [1.29, 1.82) is 0 Å². The van der Waals surface area contributed by atoms with E-state index in [9.17, 15) is 15.0 Å². The Balaban J connectivity index is 1.18. The van der Waals surface area contributed by atoms with Crippen molar-refractivity contribution in [1.82, 2.24) is 9.88 Å². The predicted molar refractivity (Wildman–Crippen MR) is 162 cm³/mol. The molecule has 3 aromatic rings. The van der Waals surface area contributed by atoms with Crippen molar-refractivity contribution in [3.05, 3.63) is 63.5 Å². The highest BCUT2D eigenvalue weighted by atomic mass is 32.1. The van der Waals surface area contributed by atoms with Crippen molar-refractivity contribution in [2.45, 2.75) is 65.8 Å². The minimum absolute atomic E-state index is 0.0219. The fourth-order valence-electron chi connectivity index (χ4n) is 7.18. The fourth-order valence-corrected chi connectivity index (χ4v) is 8.03. The number of anilines is 1. The van der Waals surface area contributed by atoms with E-state index >= 15 is 0 Å². The van der Waals surface area contributed by atoms with Crippen molar-refractivity contribution in [3.63, 3.8) is 0 Å². The van der Waals surface area contributed by atoms with Gasteiger partial charge in [-0.05, 0) is 106 Å². The number of hydrogen-bond acceptors (Lipinski definition) is 7. The second-order valence-corrected chi connectivity index (χ2v) is 13.1. The molecule has 3 fully saturated rings. The Hall–Kier alpha value is -2.94. The number of piperidine rings is 2. The van der Waals surface area contributed by atoms with Crippen LogP contribution >= 0.6 is 11.3 Å². The van der Waals surface area contributed by atoms with Crippen LogP contribution in [0.15, 0.2) is 35.7 Å². The summed E-state index contributed by atoms with van der Waals surface area (Å²) < 4.78 is 6.45. The smallest absolute Gasteiger partial charge is 0.253 e. The molecule has 0 spiro atoms. The highest BCUT2D eigenvalue weighted by Crippen LogP contribution is 2.45. The van der Waals surface area contributed by atoms with Gasteiger partial charge in [-0.15, -0.1) is 11.3 Å². The van der Waals surface area contributed by atoms with E-state index in [1.807, 2.05) is 23.1 Å². The number of likely N-dealkylation sites (tertiary alicyclic amines) is 1. The number of carbonyl (C=O) groups is 1. The number of ether oxygens (including phenoxy) is 1. The number of thiazole rings is 1. The van der Waals surface area contributed by atoms with Gasteiger partial charge in [0.1, 0.15) is 12.4 Å². The maximum Gasteiger partial charge on any atom is 0.253 e. The van der Waals surface area contributed by atoms with E-state index < -0.39 is 6.29 Å². The molecule has 2 saturated heterocycles. The number of aryl methyl sites for hydroxylation is 3. The lowest BCUT2D eigenvalue weighted by Crippen LogP contribution is -2.46. The monoisotopic (exact) mass is 575 g/mol. The number of rotatable bonds is 7. The van der Waals surface area contributed by atoms with Crippen molar-refractivity contribution in [3.8, 4) is 17.0 Å². The van der Waals surface area contributed by atoms with E-state index in [1.54, 1.807) is 11.3 Å². The van der Waals surface area contributed by atoms with Crippen LogP contribution < -0.4 is 9.64 Å². The molecule has 41 heavy (non-hydrogen) atoms. The number of hydrogen-bond donors (Lipinski definition) is 2. The van der Waals surface area contributed by atoms with Crippen LogP contribution in [0.4, 0.5) is 5.13 Å². The normalized spacial score (nSPS) is 22.4. The average molecular weight is 576 g/mol. The zero-order valence-corrected chi connectivity index (χ0v) is 25.1. The third-order valence-corrected chi connectivity index (χ3v) is 10.3. The lowest BCUT2D eigenvalue weighted by atomic mass is 9.85. The lowest BCUT2D eigenvalue weighted by molar-refractivity contribution is -0.109.